The summed E-state index contributed by atoms with van der Waals surface area (Å²) in [5.74, 6) is 0.419. The van der Waals surface area contributed by atoms with Crippen LogP contribution in [0, 0.1) is 11.8 Å². The van der Waals surface area contributed by atoms with Gasteiger partial charge in [0.25, 0.3) is 0 Å². The predicted octanol–water partition coefficient (Wildman–Crippen LogP) is 1.78. The summed E-state index contributed by atoms with van der Waals surface area (Å²) in [4.78, 5) is 57.4. The van der Waals surface area contributed by atoms with Crippen molar-refractivity contribution in [2.75, 3.05) is 59.1 Å². The van der Waals surface area contributed by atoms with Crippen molar-refractivity contribution >= 4 is 23.6 Å². The molecule has 0 spiro atoms. The zero-order chi connectivity index (χ0) is 28.1. The molecule has 0 unspecified atom stereocenters. The van der Waals surface area contributed by atoms with Crippen LogP contribution in [0.25, 0.3) is 0 Å². The Hall–Kier alpha value is -3.14. The summed E-state index contributed by atoms with van der Waals surface area (Å²) in [6.45, 7) is 5.88. The number of piperidine rings is 1. The van der Waals surface area contributed by atoms with Gasteiger partial charge in [0.2, 0.25) is 23.6 Å². The predicted molar refractivity (Wildman–Crippen MR) is 148 cm³/mol. The summed E-state index contributed by atoms with van der Waals surface area (Å²) >= 11 is 0. The highest BCUT2D eigenvalue weighted by Gasteiger charge is 2.40. The third-order valence-corrected chi connectivity index (χ3v) is 8.86. The van der Waals surface area contributed by atoms with E-state index in [1.165, 1.54) is 0 Å². The number of nitrogens with one attached hydrogen (secondary N) is 1. The number of nitrogens with zero attached hydrogens (tertiary/aromatic N) is 3. The zero-order valence-corrected chi connectivity index (χ0v) is 23.5. The topological polar surface area (TPSA) is 108 Å². The second kappa shape index (κ2) is 13.0. The number of likely N-dealkylation sites (tertiary alicyclic amines) is 2. The molecule has 0 saturated carbocycles. The third kappa shape index (κ3) is 6.77. The number of rotatable bonds is 2. The molecule has 10 heteroatoms. The average molecular weight is 555 g/mol. The van der Waals surface area contributed by atoms with Crippen LogP contribution >= 0.6 is 0 Å². The molecule has 3 fully saturated rings. The molecule has 0 aromatic heterocycles. The fourth-order valence-corrected chi connectivity index (χ4v) is 6.49. The maximum atomic E-state index is 13.6. The Morgan fingerprint density at radius 3 is 2.33 bits per heavy atom. The van der Waals surface area contributed by atoms with Gasteiger partial charge in [0.05, 0.1) is 19.2 Å². The van der Waals surface area contributed by atoms with E-state index < -0.39 is 0 Å². The average Bonchev–Trinajstić information content (AvgIpc) is 3.39. The lowest BCUT2D eigenvalue weighted by Gasteiger charge is -2.32. The SMILES string of the molecule is CC(=O)N1CCC(C(=O)N2C[C@@H]3NC(=O)CN(C(=O)C4CCOCC4)CCCCOc4cccc(c4)[C@H]3C2)CC1. The molecule has 4 aliphatic heterocycles. The van der Waals surface area contributed by atoms with Crippen molar-refractivity contribution in [3.8, 4) is 5.75 Å². The van der Waals surface area contributed by atoms with E-state index >= 15 is 0 Å². The summed E-state index contributed by atoms with van der Waals surface area (Å²) < 4.78 is 11.5. The number of amides is 4. The van der Waals surface area contributed by atoms with Gasteiger partial charge in [-0.05, 0) is 56.2 Å². The van der Waals surface area contributed by atoms with E-state index in [4.69, 9.17) is 9.47 Å². The number of benzene rings is 1. The first-order chi connectivity index (χ1) is 19.4. The van der Waals surface area contributed by atoms with E-state index in [2.05, 4.69) is 5.32 Å². The summed E-state index contributed by atoms with van der Waals surface area (Å²) in [7, 11) is 0. The smallest absolute Gasteiger partial charge is 0.239 e. The van der Waals surface area contributed by atoms with Crippen molar-refractivity contribution in [1.82, 2.24) is 20.0 Å². The molecule has 2 atom stereocenters. The first-order valence-electron chi connectivity index (χ1n) is 14.8. The van der Waals surface area contributed by atoms with Gasteiger partial charge in [-0.1, -0.05) is 12.1 Å². The number of hydrogen-bond donors (Lipinski definition) is 1. The van der Waals surface area contributed by atoms with Crippen LogP contribution in [0.1, 0.15) is 56.9 Å². The zero-order valence-electron chi connectivity index (χ0n) is 23.5. The third-order valence-electron chi connectivity index (χ3n) is 8.86. The fraction of sp³-hybridized carbons (Fsp3) is 0.667. The van der Waals surface area contributed by atoms with Gasteiger partial charge in [0.15, 0.2) is 0 Å². The molecule has 4 heterocycles. The van der Waals surface area contributed by atoms with Gasteiger partial charge < -0.3 is 29.5 Å². The second-order valence-electron chi connectivity index (χ2n) is 11.6. The standard InChI is InChI=1S/C30H42N4O6/c1-21(35)32-12-7-22(8-13-32)30(38)34-18-26-24-5-4-6-25(17-24)40-14-3-2-11-33(20-28(36)31-27(26)19-34)29(37)23-9-15-39-16-10-23/h4-6,17,22-23,26-27H,2-3,7-16,18-20H2,1H3,(H,31,36)/t26-,27+/m1/s1. The van der Waals surface area contributed by atoms with E-state index in [9.17, 15) is 19.2 Å². The maximum Gasteiger partial charge on any atom is 0.239 e. The molecule has 4 amide bonds. The number of ether oxygens (including phenoxy) is 2. The molecule has 1 N–H and O–H groups in total. The minimum atomic E-state index is -0.271. The minimum absolute atomic E-state index is 0.0117. The van der Waals surface area contributed by atoms with Crippen molar-refractivity contribution in [3.63, 3.8) is 0 Å². The van der Waals surface area contributed by atoms with Crippen LogP contribution in [0.3, 0.4) is 0 Å². The Morgan fingerprint density at radius 2 is 1.57 bits per heavy atom. The highest BCUT2D eigenvalue weighted by molar-refractivity contribution is 5.86. The summed E-state index contributed by atoms with van der Waals surface area (Å²) in [5, 5.41) is 3.19. The Bertz CT molecular complexity index is 1080. The summed E-state index contributed by atoms with van der Waals surface area (Å²) in [5.41, 5.74) is 1.02. The second-order valence-corrected chi connectivity index (χ2v) is 11.6. The molecule has 4 aliphatic rings. The normalized spacial score (nSPS) is 25.4. The van der Waals surface area contributed by atoms with Crippen molar-refractivity contribution in [1.29, 1.82) is 0 Å². The van der Waals surface area contributed by atoms with Crippen LogP contribution in [0.2, 0.25) is 0 Å². The lowest BCUT2D eigenvalue weighted by Crippen LogP contribution is -2.49. The molecule has 5 rings (SSSR count). The molecule has 2 bridgehead atoms. The molecule has 1 aromatic carbocycles. The highest BCUT2D eigenvalue weighted by atomic mass is 16.5. The fourth-order valence-electron chi connectivity index (χ4n) is 6.49. The van der Waals surface area contributed by atoms with Gasteiger partial charge in [0, 0.05) is 70.6 Å². The largest absolute Gasteiger partial charge is 0.494 e. The quantitative estimate of drug-likeness (QED) is 0.597. The van der Waals surface area contributed by atoms with Crippen molar-refractivity contribution in [2.45, 2.75) is 57.4 Å². The van der Waals surface area contributed by atoms with Crippen LogP contribution in [0.15, 0.2) is 24.3 Å². The first-order valence-corrected chi connectivity index (χ1v) is 14.8. The molecule has 3 saturated heterocycles. The molecular formula is C30H42N4O6. The van der Waals surface area contributed by atoms with Crippen LogP contribution in [0.4, 0.5) is 0 Å². The number of hydrogen-bond acceptors (Lipinski definition) is 6. The van der Waals surface area contributed by atoms with Gasteiger partial charge in [-0.3, -0.25) is 19.2 Å². The number of carbonyl (C=O) groups is 4. The highest BCUT2D eigenvalue weighted by Crippen LogP contribution is 2.32. The Labute approximate surface area is 236 Å². The molecule has 40 heavy (non-hydrogen) atoms. The monoisotopic (exact) mass is 554 g/mol. The van der Waals surface area contributed by atoms with Gasteiger partial charge in [-0.15, -0.1) is 0 Å². The number of carbonyl (C=O) groups excluding carboxylic acids is 4. The maximum absolute atomic E-state index is 13.6. The summed E-state index contributed by atoms with van der Waals surface area (Å²) in [6, 6.07) is 7.68. The van der Waals surface area contributed by atoms with Crippen molar-refractivity contribution in [2.24, 2.45) is 11.8 Å². The van der Waals surface area contributed by atoms with Gasteiger partial charge >= 0.3 is 0 Å². The van der Waals surface area contributed by atoms with E-state index in [0.717, 1.165) is 24.2 Å². The molecule has 10 nitrogen and oxygen atoms in total. The molecule has 218 valence electrons. The molecule has 0 radical (unpaired) electrons. The Kier molecular flexibility index (Phi) is 9.24. The van der Waals surface area contributed by atoms with Crippen LogP contribution in [-0.4, -0.2) is 103 Å². The van der Waals surface area contributed by atoms with Gasteiger partial charge in [0.1, 0.15) is 5.75 Å². The molecule has 1 aromatic rings. The lowest BCUT2D eigenvalue weighted by molar-refractivity contribution is -0.142. The molecular weight excluding hydrogens is 512 g/mol. The van der Waals surface area contributed by atoms with E-state index in [0.29, 0.717) is 78.2 Å². The lowest BCUT2D eigenvalue weighted by atomic mass is 9.93. The van der Waals surface area contributed by atoms with Gasteiger partial charge in [-0.25, -0.2) is 0 Å². The van der Waals surface area contributed by atoms with Crippen LogP contribution in [0.5, 0.6) is 5.75 Å². The first kappa shape index (κ1) is 28.4. The van der Waals surface area contributed by atoms with E-state index in [-0.39, 0.29) is 54.0 Å². The van der Waals surface area contributed by atoms with Crippen molar-refractivity contribution in [3.05, 3.63) is 29.8 Å². The van der Waals surface area contributed by atoms with Crippen molar-refractivity contribution < 1.29 is 28.7 Å². The van der Waals surface area contributed by atoms with Crippen LogP contribution < -0.4 is 10.1 Å². The minimum Gasteiger partial charge on any atom is -0.494 e. The van der Waals surface area contributed by atoms with E-state index in [1.807, 2.05) is 29.2 Å². The van der Waals surface area contributed by atoms with Gasteiger partial charge in [-0.2, -0.15) is 0 Å². The Morgan fingerprint density at radius 1 is 0.850 bits per heavy atom. The number of fused-ring (bicyclic) bond motifs is 4. The Balaban J connectivity index is 1.32. The van der Waals surface area contributed by atoms with Crippen LogP contribution in [-0.2, 0) is 23.9 Å². The summed E-state index contributed by atoms with van der Waals surface area (Å²) in [6.07, 6.45) is 4.20. The van der Waals surface area contributed by atoms with E-state index in [1.54, 1.807) is 16.7 Å². The molecule has 0 aliphatic carbocycles.